The Balaban J connectivity index is 1.55. The topological polar surface area (TPSA) is 24.8 Å². The fraction of sp³-hybridized carbons (Fsp3) is 0.667. The zero-order chi connectivity index (χ0) is 16.8. The van der Waals surface area contributed by atoms with Crippen molar-refractivity contribution in [2.45, 2.75) is 58.4 Å². The van der Waals surface area contributed by atoms with Gasteiger partial charge in [-0.2, -0.15) is 0 Å². The van der Waals surface area contributed by atoms with Crippen LogP contribution in [0.15, 0.2) is 24.3 Å². The minimum absolute atomic E-state index is 0.252. The lowest BCUT2D eigenvalue weighted by molar-refractivity contribution is -0.921. The van der Waals surface area contributed by atoms with E-state index in [9.17, 15) is 4.79 Å². The molecule has 2 aliphatic rings. The first-order chi connectivity index (χ1) is 11.8. The van der Waals surface area contributed by atoms with Crippen LogP contribution in [0.3, 0.4) is 0 Å². The van der Waals surface area contributed by atoms with Gasteiger partial charge in [0.25, 0.3) is 0 Å². The number of carbonyl (C=O) groups is 1. The number of benzene rings is 1. The molecule has 1 aromatic carbocycles. The van der Waals surface area contributed by atoms with Crippen molar-refractivity contribution in [3.8, 4) is 0 Å². The van der Waals surface area contributed by atoms with Crippen molar-refractivity contribution >= 4 is 5.91 Å². The molecule has 24 heavy (non-hydrogen) atoms. The highest BCUT2D eigenvalue weighted by Gasteiger charge is 2.31. The molecule has 0 spiro atoms. The first kappa shape index (κ1) is 17.5. The zero-order valence-corrected chi connectivity index (χ0v) is 15.2. The van der Waals surface area contributed by atoms with Gasteiger partial charge < -0.3 is 9.80 Å². The van der Waals surface area contributed by atoms with Gasteiger partial charge in [-0.25, -0.2) is 0 Å². The van der Waals surface area contributed by atoms with Crippen molar-refractivity contribution in [1.82, 2.24) is 4.90 Å². The number of piperidine rings is 1. The fourth-order valence-corrected chi connectivity index (χ4v) is 4.25. The van der Waals surface area contributed by atoms with Crippen LogP contribution in [0.2, 0.25) is 0 Å². The monoisotopic (exact) mass is 329 g/mol. The number of quaternary nitrogens is 1. The second-order valence-electron chi connectivity index (χ2n) is 7.63. The van der Waals surface area contributed by atoms with Gasteiger partial charge in [-0.1, -0.05) is 44.0 Å². The molecule has 3 rings (SSSR count). The lowest BCUT2D eigenvalue weighted by Crippen LogP contribution is -3.12. The maximum Gasteiger partial charge on any atom is 0.231 e. The van der Waals surface area contributed by atoms with E-state index in [1.165, 1.54) is 49.8 Å². The summed E-state index contributed by atoms with van der Waals surface area (Å²) < 4.78 is 0. The van der Waals surface area contributed by atoms with Crippen LogP contribution in [0.4, 0.5) is 0 Å². The first-order valence-corrected chi connectivity index (χ1v) is 9.96. The van der Waals surface area contributed by atoms with Crippen LogP contribution in [0.1, 0.15) is 56.6 Å². The molecule has 2 saturated heterocycles. The fourth-order valence-electron chi connectivity index (χ4n) is 4.25. The molecule has 1 aromatic rings. The maximum atomic E-state index is 12.9. The number of hydrogen-bond acceptors (Lipinski definition) is 1. The Labute approximate surface area is 147 Å². The molecule has 0 aromatic heterocycles. The molecule has 0 saturated carbocycles. The normalized spacial score (nSPS) is 25.3. The number of nitrogens with one attached hydrogen (secondary N) is 1. The van der Waals surface area contributed by atoms with E-state index in [1.807, 2.05) is 0 Å². The second-order valence-corrected chi connectivity index (χ2v) is 7.63. The molecule has 1 unspecified atom stereocenters. The van der Waals surface area contributed by atoms with Gasteiger partial charge in [0.15, 0.2) is 0 Å². The molecule has 0 radical (unpaired) electrons. The number of amides is 1. The molecule has 2 fully saturated rings. The standard InChI is InChI=1S/C21H32N2O/c1-2-18-9-11-19(12-10-18)16-22-13-7-8-20(17-22)21(24)23-14-5-3-4-6-15-23/h9-12,20H,2-8,13-17H2,1H3/p+1/t20-/m0/s1. The molecule has 3 nitrogen and oxygen atoms in total. The average Bonchev–Trinajstić information content (AvgIpc) is 2.91. The minimum atomic E-state index is 0.252. The summed E-state index contributed by atoms with van der Waals surface area (Å²) in [6.45, 7) is 7.47. The Morgan fingerprint density at radius 3 is 2.38 bits per heavy atom. The smallest absolute Gasteiger partial charge is 0.231 e. The van der Waals surface area contributed by atoms with E-state index in [0.717, 1.165) is 39.0 Å². The summed E-state index contributed by atoms with van der Waals surface area (Å²) in [6.07, 6.45) is 8.35. The van der Waals surface area contributed by atoms with Crippen LogP contribution in [0.5, 0.6) is 0 Å². The molecular formula is C21H33N2O+. The minimum Gasteiger partial charge on any atom is -0.342 e. The molecule has 2 heterocycles. The lowest BCUT2D eigenvalue weighted by atomic mass is 9.95. The van der Waals surface area contributed by atoms with Crippen LogP contribution < -0.4 is 4.90 Å². The molecular weight excluding hydrogens is 296 g/mol. The van der Waals surface area contributed by atoms with E-state index in [1.54, 1.807) is 4.90 Å². The summed E-state index contributed by atoms with van der Waals surface area (Å²) in [6, 6.07) is 9.04. The summed E-state index contributed by atoms with van der Waals surface area (Å²) in [5, 5.41) is 0. The molecule has 1 amide bonds. The van der Waals surface area contributed by atoms with Crippen molar-refractivity contribution in [3.63, 3.8) is 0 Å². The van der Waals surface area contributed by atoms with Gasteiger partial charge >= 0.3 is 0 Å². The molecule has 0 aliphatic carbocycles. The zero-order valence-electron chi connectivity index (χ0n) is 15.2. The number of carbonyl (C=O) groups excluding carboxylic acids is 1. The van der Waals surface area contributed by atoms with E-state index in [4.69, 9.17) is 0 Å². The highest BCUT2D eigenvalue weighted by atomic mass is 16.2. The van der Waals surface area contributed by atoms with Crippen molar-refractivity contribution < 1.29 is 9.69 Å². The van der Waals surface area contributed by atoms with Gasteiger partial charge in [-0.3, -0.25) is 4.79 Å². The molecule has 0 bridgehead atoms. The van der Waals surface area contributed by atoms with E-state index in [0.29, 0.717) is 5.91 Å². The van der Waals surface area contributed by atoms with Gasteiger partial charge in [-0.15, -0.1) is 0 Å². The van der Waals surface area contributed by atoms with Gasteiger partial charge in [0.1, 0.15) is 6.54 Å². The van der Waals surface area contributed by atoms with E-state index in [2.05, 4.69) is 36.1 Å². The van der Waals surface area contributed by atoms with Crippen LogP contribution in [-0.4, -0.2) is 37.0 Å². The number of aryl methyl sites for hydroxylation is 1. The summed E-state index contributed by atoms with van der Waals surface area (Å²) in [5.74, 6) is 0.692. The summed E-state index contributed by atoms with van der Waals surface area (Å²) in [4.78, 5) is 16.6. The van der Waals surface area contributed by atoms with Crippen LogP contribution >= 0.6 is 0 Å². The Kier molecular flexibility index (Phi) is 6.30. The average molecular weight is 330 g/mol. The molecule has 3 heteroatoms. The Hall–Kier alpha value is -1.35. The Morgan fingerprint density at radius 1 is 1.04 bits per heavy atom. The Morgan fingerprint density at radius 2 is 1.71 bits per heavy atom. The van der Waals surface area contributed by atoms with Crippen LogP contribution in [0.25, 0.3) is 0 Å². The van der Waals surface area contributed by atoms with Crippen molar-refractivity contribution in [3.05, 3.63) is 35.4 Å². The predicted octanol–water partition coefficient (Wildman–Crippen LogP) is 2.45. The second kappa shape index (κ2) is 8.66. The van der Waals surface area contributed by atoms with Gasteiger partial charge in [0.2, 0.25) is 5.91 Å². The number of rotatable bonds is 4. The highest BCUT2D eigenvalue weighted by molar-refractivity contribution is 5.79. The van der Waals surface area contributed by atoms with Gasteiger partial charge in [0.05, 0.1) is 19.0 Å². The summed E-state index contributed by atoms with van der Waals surface area (Å²) >= 11 is 0. The number of likely N-dealkylation sites (tertiary alicyclic amines) is 2. The lowest BCUT2D eigenvalue weighted by Gasteiger charge is -2.32. The van der Waals surface area contributed by atoms with E-state index >= 15 is 0 Å². The summed E-state index contributed by atoms with van der Waals surface area (Å²) in [5.41, 5.74) is 2.81. The van der Waals surface area contributed by atoms with Gasteiger partial charge in [0, 0.05) is 18.7 Å². The maximum absolute atomic E-state index is 12.9. The third-order valence-corrected chi connectivity index (χ3v) is 5.77. The van der Waals surface area contributed by atoms with Crippen LogP contribution in [-0.2, 0) is 17.8 Å². The first-order valence-electron chi connectivity index (χ1n) is 9.96. The van der Waals surface area contributed by atoms with E-state index < -0.39 is 0 Å². The third kappa shape index (κ3) is 4.60. The van der Waals surface area contributed by atoms with Crippen LogP contribution in [0, 0.1) is 5.92 Å². The van der Waals surface area contributed by atoms with Gasteiger partial charge in [-0.05, 0) is 37.7 Å². The quantitative estimate of drug-likeness (QED) is 0.902. The SMILES string of the molecule is CCc1ccc(C[NH+]2CCC[C@H](C(=O)N3CCCCCC3)C2)cc1. The largest absolute Gasteiger partial charge is 0.342 e. The highest BCUT2D eigenvalue weighted by Crippen LogP contribution is 2.16. The predicted molar refractivity (Wildman–Crippen MR) is 98.0 cm³/mol. The Bertz CT molecular complexity index is 517. The van der Waals surface area contributed by atoms with Crippen molar-refractivity contribution in [2.24, 2.45) is 5.92 Å². The third-order valence-electron chi connectivity index (χ3n) is 5.77. The summed E-state index contributed by atoms with van der Waals surface area (Å²) in [7, 11) is 0. The van der Waals surface area contributed by atoms with E-state index in [-0.39, 0.29) is 5.92 Å². The van der Waals surface area contributed by atoms with Crippen molar-refractivity contribution in [2.75, 3.05) is 26.2 Å². The number of hydrogen-bond donors (Lipinski definition) is 1. The molecule has 2 aliphatic heterocycles. The molecule has 1 N–H and O–H groups in total. The molecule has 2 atom stereocenters. The molecule has 132 valence electrons. The number of nitrogens with zero attached hydrogens (tertiary/aromatic N) is 1. The van der Waals surface area contributed by atoms with Crippen molar-refractivity contribution in [1.29, 1.82) is 0 Å².